The molecule has 11 rings (SSSR count). The van der Waals surface area contributed by atoms with Gasteiger partial charge in [0.25, 0.3) is 0 Å². The van der Waals surface area contributed by atoms with Crippen molar-refractivity contribution < 1.29 is 31.1 Å². The molecular weight excluding hydrogens is 1000 g/mol. The highest BCUT2D eigenvalue weighted by Crippen LogP contribution is 2.54. The Morgan fingerprint density at radius 1 is 0.481 bits per heavy atom. The summed E-state index contributed by atoms with van der Waals surface area (Å²) in [5.41, 5.74) is 7.32. The van der Waals surface area contributed by atoms with E-state index >= 15 is 17.6 Å². The van der Waals surface area contributed by atoms with Gasteiger partial charge in [0.1, 0.15) is 58.9 Å². The van der Waals surface area contributed by atoms with Gasteiger partial charge in [-0.05, 0) is 123 Å². The molecule has 0 saturated carbocycles. The highest BCUT2D eigenvalue weighted by molar-refractivity contribution is 6.09. The molecule has 0 fully saturated rings. The number of rotatable bonds is 10. The number of benzene rings is 8. The summed E-state index contributed by atoms with van der Waals surface area (Å²) in [6.07, 6.45) is 1.85. The van der Waals surface area contributed by atoms with Crippen molar-refractivity contribution in [3.05, 3.63) is 215 Å². The highest BCUT2D eigenvalue weighted by atomic mass is 19.2. The van der Waals surface area contributed by atoms with Gasteiger partial charge in [-0.3, -0.25) is 4.57 Å². The van der Waals surface area contributed by atoms with Crippen molar-refractivity contribution in [3.63, 3.8) is 0 Å². The van der Waals surface area contributed by atoms with Crippen LogP contribution in [0.5, 0.6) is 11.5 Å². The van der Waals surface area contributed by atoms with Gasteiger partial charge in [0.2, 0.25) is 0 Å². The van der Waals surface area contributed by atoms with E-state index in [1.54, 1.807) is 23.1 Å². The predicted octanol–water partition coefficient (Wildman–Crippen LogP) is 19.9. The summed E-state index contributed by atoms with van der Waals surface area (Å²) in [6.45, 7) is 20.7. The minimum Gasteiger partial charge on any atom is -0.457 e. The molecule has 0 N–H and O–H groups in total. The number of aromatic nitrogens is 2. The topological polar surface area (TPSA) is 33.5 Å². The minimum atomic E-state index is -1.22. The second-order valence-corrected chi connectivity index (χ2v) is 23.3. The molecule has 0 spiro atoms. The molecular formula is C68H60F6N4O. The van der Waals surface area contributed by atoms with Crippen molar-refractivity contribution in [2.75, 3.05) is 16.5 Å². The van der Waals surface area contributed by atoms with E-state index in [0.717, 1.165) is 55.4 Å². The number of ether oxygens (including phenoxy) is 1. The van der Waals surface area contributed by atoms with Crippen LogP contribution >= 0.6 is 0 Å². The standard InChI is InChI=1S/C68H60F6N4O/c1-38(2)48-17-15-18-49(39(3)4)63(48)40-26-45(35-47(27-40)79-46-22-23-51-50-16-11-12-19-58(50)78(61(51)36-46)62-30-41(24-25-75-62)67(5,6)7)76-37-77(60-21-14-13-20-59(60)76)66-52(64-54(71)31-43(69)32-55(64)72)28-42(68(8,9)10)29-53(66)65-56(73)33-44(70)34-57(65)74/h11-36,38-39H,37H2,1-10H3. The van der Waals surface area contributed by atoms with Crippen molar-refractivity contribution >= 4 is 44.6 Å². The van der Waals surface area contributed by atoms with Crippen LogP contribution in [-0.4, -0.2) is 16.2 Å². The van der Waals surface area contributed by atoms with Crippen LogP contribution in [0.4, 0.5) is 49.1 Å². The minimum absolute atomic E-state index is 0.0165. The SMILES string of the molecule is CC(C)c1cccc(C(C)C)c1-c1cc(Oc2ccc3c4ccccc4n(-c4cc(C(C)(C)C)ccn4)c3c2)cc(N2CN(c3c(-c4c(F)cc(F)cc4F)cc(C(C)(C)C)cc3-c3c(F)cc(F)cc3F)c3ccccc32)c1. The number of hydrogen-bond donors (Lipinski definition) is 0. The number of fused-ring (bicyclic) bond motifs is 4. The van der Waals surface area contributed by atoms with Crippen LogP contribution < -0.4 is 14.5 Å². The maximum absolute atomic E-state index is 16.5. The summed E-state index contributed by atoms with van der Waals surface area (Å²) in [6, 6.07) is 43.9. The first kappa shape index (κ1) is 52.7. The van der Waals surface area contributed by atoms with Gasteiger partial charge in [-0.2, -0.15) is 0 Å². The lowest BCUT2D eigenvalue weighted by Crippen LogP contribution is -2.26. The summed E-state index contributed by atoms with van der Waals surface area (Å²) in [5, 5.41) is 2.09. The lowest BCUT2D eigenvalue weighted by molar-refractivity contribution is 0.483. The molecule has 5 nitrogen and oxygen atoms in total. The molecule has 11 heteroatoms. The molecule has 2 aromatic heterocycles. The molecule has 79 heavy (non-hydrogen) atoms. The summed E-state index contributed by atoms with van der Waals surface area (Å²) in [7, 11) is 0. The zero-order chi connectivity index (χ0) is 56.0. The molecule has 1 aliphatic rings. The Bertz CT molecular complexity index is 3900. The van der Waals surface area contributed by atoms with Crippen molar-refractivity contribution in [1.82, 2.24) is 9.55 Å². The number of para-hydroxylation sites is 3. The van der Waals surface area contributed by atoms with Crippen LogP contribution in [0.2, 0.25) is 0 Å². The van der Waals surface area contributed by atoms with Gasteiger partial charge in [0.05, 0.1) is 39.2 Å². The third kappa shape index (κ3) is 9.57. The molecule has 0 atom stereocenters. The normalized spacial score (nSPS) is 12.9. The highest BCUT2D eigenvalue weighted by Gasteiger charge is 2.36. The van der Waals surface area contributed by atoms with Crippen molar-refractivity contribution in [1.29, 1.82) is 0 Å². The monoisotopic (exact) mass is 1060 g/mol. The van der Waals surface area contributed by atoms with E-state index in [2.05, 4.69) is 102 Å². The number of pyridine rings is 1. The number of anilines is 4. The smallest absolute Gasteiger partial charge is 0.137 e. The molecule has 10 aromatic rings. The van der Waals surface area contributed by atoms with Gasteiger partial charge in [0.15, 0.2) is 0 Å². The van der Waals surface area contributed by atoms with Crippen LogP contribution in [0.25, 0.3) is 61.0 Å². The molecule has 8 aromatic carbocycles. The van der Waals surface area contributed by atoms with E-state index < -0.39 is 51.4 Å². The number of hydrogen-bond acceptors (Lipinski definition) is 4. The maximum Gasteiger partial charge on any atom is 0.137 e. The zero-order valence-electron chi connectivity index (χ0n) is 45.8. The lowest BCUT2D eigenvalue weighted by atomic mass is 9.81. The van der Waals surface area contributed by atoms with Gasteiger partial charge in [0, 0.05) is 70.2 Å². The molecule has 0 unspecified atom stereocenters. The Morgan fingerprint density at radius 2 is 1.03 bits per heavy atom. The first-order valence-corrected chi connectivity index (χ1v) is 26.6. The second-order valence-electron chi connectivity index (χ2n) is 23.3. The molecule has 1 aliphatic heterocycles. The molecule has 400 valence electrons. The van der Waals surface area contributed by atoms with Crippen LogP contribution in [0.3, 0.4) is 0 Å². The Morgan fingerprint density at radius 3 is 1.59 bits per heavy atom. The third-order valence-corrected chi connectivity index (χ3v) is 15.1. The largest absolute Gasteiger partial charge is 0.457 e. The van der Waals surface area contributed by atoms with E-state index in [1.807, 2.05) is 92.5 Å². The fourth-order valence-electron chi connectivity index (χ4n) is 11.2. The summed E-state index contributed by atoms with van der Waals surface area (Å²) in [5.74, 6) is -5.02. The molecule has 3 heterocycles. The Kier molecular flexibility index (Phi) is 13.3. The fourth-order valence-corrected chi connectivity index (χ4v) is 11.2. The second kappa shape index (κ2) is 19.9. The summed E-state index contributed by atoms with van der Waals surface area (Å²) in [4.78, 5) is 8.67. The number of nitrogens with zero attached hydrogens (tertiary/aromatic N) is 4. The van der Waals surface area contributed by atoms with Gasteiger partial charge in [-0.25, -0.2) is 31.3 Å². The average Bonchev–Trinajstić information content (AvgIpc) is 3.99. The number of halogens is 6. The van der Waals surface area contributed by atoms with E-state index in [4.69, 9.17) is 9.72 Å². The Labute approximate surface area is 457 Å². The average molecular weight is 1060 g/mol. The Hall–Kier alpha value is -8.31. The van der Waals surface area contributed by atoms with Gasteiger partial charge in [-0.15, -0.1) is 0 Å². The van der Waals surface area contributed by atoms with Crippen LogP contribution in [-0.2, 0) is 10.8 Å². The predicted molar refractivity (Wildman–Crippen MR) is 309 cm³/mol. The Balaban J connectivity index is 1.14. The first-order chi connectivity index (χ1) is 37.5. The van der Waals surface area contributed by atoms with Crippen molar-refractivity contribution in [3.8, 4) is 50.7 Å². The van der Waals surface area contributed by atoms with Crippen LogP contribution in [0.1, 0.15) is 103 Å². The molecule has 0 saturated heterocycles. The first-order valence-electron chi connectivity index (χ1n) is 26.6. The third-order valence-electron chi connectivity index (χ3n) is 15.1. The van der Waals surface area contributed by atoms with E-state index in [9.17, 15) is 8.78 Å². The fraction of sp³-hybridized carbons (Fsp3) is 0.221. The van der Waals surface area contributed by atoms with E-state index in [-0.39, 0.29) is 40.7 Å². The van der Waals surface area contributed by atoms with Crippen molar-refractivity contribution in [2.45, 2.75) is 91.9 Å². The van der Waals surface area contributed by atoms with E-state index in [1.165, 1.54) is 0 Å². The van der Waals surface area contributed by atoms with Crippen molar-refractivity contribution in [2.24, 2.45) is 0 Å². The summed E-state index contributed by atoms with van der Waals surface area (Å²) >= 11 is 0. The maximum atomic E-state index is 16.5. The van der Waals surface area contributed by atoms with E-state index in [0.29, 0.717) is 58.4 Å². The molecule has 0 bridgehead atoms. The molecule has 0 amide bonds. The summed E-state index contributed by atoms with van der Waals surface area (Å²) < 4.78 is 105. The van der Waals surface area contributed by atoms with Crippen LogP contribution in [0, 0.1) is 34.9 Å². The zero-order valence-corrected chi connectivity index (χ0v) is 45.8. The van der Waals surface area contributed by atoms with Gasteiger partial charge >= 0.3 is 0 Å². The van der Waals surface area contributed by atoms with Gasteiger partial charge < -0.3 is 14.5 Å². The van der Waals surface area contributed by atoms with Crippen LogP contribution in [0.15, 0.2) is 158 Å². The molecule has 0 aliphatic carbocycles. The van der Waals surface area contributed by atoms with Gasteiger partial charge in [-0.1, -0.05) is 118 Å². The lowest BCUT2D eigenvalue weighted by Gasteiger charge is -2.30. The molecule has 0 radical (unpaired) electrons. The quantitative estimate of drug-likeness (QED) is 0.128.